The minimum atomic E-state index is -4.67. The molecule has 1 aliphatic rings. The fourth-order valence-electron chi connectivity index (χ4n) is 8.60. The van der Waals surface area contributed by atoms with E-state index in [1.165, 1.54) is 13.8 Å². The maximum Gasteiger partial charge on any atom is 0.394 e. The molecule has 0 saturated carbocycles. The van der Waals surface area contributed by atoms with Crippen LogP contribution in [-0.2, 0) is 63.1 Å². The van der Waals surface area contributed by atoms with Crippen LogP contribution in [-0.4, -0.2) is 205 Å². The second-order valence-corrected chi connectivity index (χ2v) is 23.0. The average Bonchev–Trinajstić information content (AvgIpc) is 3.51. The van der Waals surface area contributed by atoms with Gasteiger partial charge in [0.05, 0.1) is 12.2 Å². The third-order valence-corrected chi connectivity index (χ3v) is 13.4. The van der Waals surface area contributed by atoms with E-state index in [0.717, 1.165) is 12.8 Å². The quantitative estimate of drug-likeness (QED) is 0.0324. The van der Waals surface area contributed by atoms with E-state index < -0.39 is 161 Å². The minimum Gasteiger partial charge on any atom is -0.391 e. The molecule has 1 rings (SSSR count). The van der Waals surface area contributed by atoms with Gasteiger partial charge in [0.1, 0.15) is 60.4 Å². The van der Waals surface area contributed by atoms with Crippen molar-refractivity contribution in [2.45, 2.75) is 205 Å². The summed E-state index contributed by atoms with van der Waals surface area (Å²) >= 11 is 0. The van der Waals surface area contributed by atoms with Crippen LogP contribution in [0.3, 0.4) is 0 Å². The Labute approximate surface area is 503 Å². The number of aliphatic hydroxyl groups is 2. The Morgan fingerprint density at radius 3 is 1.35 bits per heavy atom. The molecule has 0 aromatic heterocycles. The van der Waals surface area contributed by atoms with Gasteiger partial charge in [-0.2, -0.15) is 8.42 Å². The summed E-state index contributed by atoms with van der Waals surface area (Å²) in [5.74, 6) is -9.60. The minimum absolute atomic E-state index is 0.0146. The van der Waals surface area contributed by atoms with Gasteiger partial charge in [0, 0.05) is 13.0 Å². The lowest BCUT2D eigenvalue weighted by Crippen LogP contribution is -2.62. The van der Waals surface area contributed by atoms with E-state index >= 15 is 0 Å². The molecule has 25 N–H and O–H groups in total. The molecule has 34 heteroatoms. The highest BCUT2D eigenvalue weighted by Gasteiger charge is 2.37. The zero-order valence-corrected chi connectivity index (χ0v) is 51.6. The van der Waals surface area contributed by atoms with E-state index in [2.05, 4.69) is 65.4 Å². The lowest BCUT2D eigenvalue weighted by Gasteiger charge is -2.29. The Bertz CT molecular complexity index is 2290. The van der Waals surface area contributed by atoms with E-state index in [1.807, 2.05) is 6.92 Å². The van der Waals surface area contributed by atoms with Crippen molar-refractivity contribution in [1.82, 2.24) is 58.5 Å². The molecule has 0 bridgehead atoms. The van der Waals surface area contributed by atoms with Crippen LogP contribution in [0, 0.1) is 17.8 Å². The molecule has 0 aliphatic carbocycles. The maximum atomic E-state index is 14.4. The predicted molar refractivity (Wildman–Crippen MR) is 315 cm³/mol. The lowest BCUT2D eigenvalue weighted by atomic mass is 9.99. The highest BCUT2D eigenvalue weighted by Crippen LogP contribution is 2.13. The number of carbonyl (C=O) groups excluding carboxylic acids is 11. The Kier molecular flexibility index (Phi) is 38.8. The maximum absolute atomic E-state index is 14.4. The number of carbonyl (C=O) groups is 11. The van der Waals surface area contributed by atoms with Crippen LogP contribution in [0.15, 0.2) is 0 Å². The third-order valence-electron chi connectivity index (χ3n) is 13.4. The molecule has 496 valence electrons. The first kappa shape index (κ1) is 79.8. The van der Waals surface area contributed by atoms with Gasteiger partial charge in [-0.15, -0.1) is 0 Å². The molecule has 0 aromatic carbocycles. The fraction of sp³-hybridized carbons (Fsp3) is 0.788. The summed E-state index contributed by atoms with van der Waals surface area (Å²) in [6.45, 7) is 12.5. The van der Waals surface area contributed by atoms with Crippen molar-refractivity contribution in [2.24, 2.45) is 46.4 Å². The lowest BCUT2D eigenvalue weighted by molar-refractivity contribution is -0.137. The van der Waals surface area contributed by atoms with Crippen molar-refractivity contribution in [1.29, 1.82) is 0 Å². The predicted octanol–water partition coefficient (Wildman–Crippen LogP) is -6.48. The van der Waals surface area contributed by atoms with Crippen LogP contribution in [0.25, 0.3) is 0 Å². The average molecular weight is 1250 g/mol. The number of hydrogen-bond acceptors (Lipinski definition) is 20. The summed E-state index contributed by atoms with van der Waals surface area (Å²) in [7, 11) is -4.67. The van der Waals surface area contributed by atoms with Gasteiger partial charge in [-0.05, 0) is 122 Å². The van der Waals surface area contributed by atoms with Crippen molar-refractivity contribution in [3.05, 3.63) is 0 Å². The number of hydrogen-bond donors (Lipinski definition) is 20. The molecule has 0 radical (unpaired) electrons. The molecular weight excluding hydrogens is 1150 g/mol. The molecular formula is C52H100N16O17S. The highest BCUT2D eigenvalue weighted by molar-refractivity contribution is 7.79. The highest BCUT2D eigenvalue weighted by atomic mass is 32.3. The largest absolute Gasteiger partial charge is 0.394 e. The Hall–Kier alpha value is -6.24. The van der Waals surface area contributed by atoms with E-state index in [0.29, 0.717) is 12.3 Å². The summed E-state index contributed by atoms with van der Waals surface area (Å²) in [6, 6.07) is -14.5. The number of nitrogens with one attached hydrogen (secondary N) is 11. The standard InChI is InChI=1S/C52H98N16O13.H2O4S/c1-9-29(6)11-10-12-40(71)59-32(13-19-53)47(76)68-42(31(8)70)52(81)64-35(16-22-56)44(73)63-37-18-24-58-51(80)41(30(7)69)67-48(77)36(17-23-57)61-43(72)33(14-20-54)62-49(78)38(25-27(2)3)66-50(79)39(26-28(4)5)65-45(74)34(15-21-55)60-46(37)75;1-5(2,3)4/h27-39,41-42,69-70H,9-26,53-57H2,1-8H3,(H,58,80)(H,59,71)(H,60,75)(H,61,72)(H,62,78)(H,63,73)(H,64,81)(H,65,74)(H,66,79)(H,67,77)(H,68,76);(H2,1,2,3,4). The van der Waals surface area contributed by atoms with Crippen LogP contribution in [0.5, 0.6) is 0 Å². The van der Waals surface area contributed by atoms with Gasteiger partial charge in [-0.3, -0.25) is 61.8 Å². The smallest absolute Gasteiger partial charge is 0.391 e. The van der Waals surface area contributed by atoms with Crippen molar-refractivity contribution in [3.63, 3.8) is 0 Å². The molecule has 13 atom stereocenters. The molecule has 1 saturated heterocycles. The summed E-state index contributed by atoms with van der Waals surface area (Å²) in [5, 5.41) is 49.5. The zero-order valence-electron chi connectivity index (χ0n) is 50.8. The molecule has 1 heterocycles. The van der Waals surface area contributed by atoms with Gasteiger partial charge in [0.2, 0.25) is 65.0 Å². The summed E-state index contributed by atoms with van der Waals surface area (Å²) < 4.78 is 31.6. The first-order valence-electron chi connectivity index (χ1n) is 29.0. The third kappa shape index (κ3) is 32.5. The SMILES string of the molecule is CCC(C)CCCC(=O)NC(CCN)C(=O)NC(C(=O)NC(CCN)C(=O)NC1CCNC(=O)C(C(C)O)NC(=O)C(CCN)NC(=O)C(CCN)NC(=O)C(CC(C)C)NC(=O)C(CC(C)C)NC(=O)C(CCN)NC1=O)C(C)O.O=S(=O)(O)O. The van der Waals surface area contributed by atoms with Gasteiger partial charge in [-0.25, -0.2) is 0 Å². The van der Waals surface area contributed by atoms with E-state index in [4.69, 9.17) is 46.2 Å². The topological polar surface area (TPSA) is 565 Å². The second kappa shape index (κ2) is 41.8. The summed E-state index contributed by atoms with van der Waals surface area (Å²) in [4.78, 5) is 153. The van der Waals surface area contributed by atoms with Crippen molar-refractivity contribution in [3.8, 4) is 0 Å². The summed E-state index contributed by atoms with van der Waals surface area (Å²) in [6.07, 6.45) is -1.79. The zero-order chi connectivity index (χ0) is 66.0. The number of aliphatic hydroxyl groups excluding tert-OH is 2. The van der Waals surface area contributed by atoms with Gasteiger partial charge in [0.15, 0.2) is 0 Å². The normalized spacial score (nSPS) is 22.9. The van der Waals surface area contributed by atoms with Crippen molar-refractivity contribution >= 4 is 75.4 Å². The number of amides is 11. The van der Waals surface area contributed by atoms with Gasteiger partial charge < -0.3 is 97.4 Å². The van der Waals surface area contributed by atoms with Gasteiger partial charge in [0.25, 0.3) is 0 Å². The first-order valence-corrected chi connectivity index (χ1v) is 30.4. The van der Waals surface area contributed by atoms with E-state index in [-0.39, 0.29) is 95.9 Å². The molecule has 11 amide bonds. The fourth-order valence-corrected chi connectivity index (χ4v) is 8.60. The number of nitrogens with two attached hydrogens (primary N) is 5. The number of rotatable bonds is 28. The van der Waals surface area contributed by atoms with Crippen LogP contribution < -0.4 is 87.2 Å². The summed E-state index contributed by atoms with van der Waals surface area (Å²) in [5.41, 5.74) is 29.2. The van der Waals surface area contributed by atoms with Crippen molar-refractivity contribution in [2.75, 3.05) is 39.3 Å². The second-order valence-electron chi connectivity index (χ2n) is 22.1. The molecule has 0 aromatic rings. The molecule has 13 unspecified atom stereocenters. The van der Waals surface area contributed by atoms with Gasteiger partial charge in [-0.1, -0.05) is 54.4 Å². The molecule has 1 aliphatic heterocycles. The van der Waals surface area contributed by atoms with Crippen molar-refractivity contribution < 1.29 is 80.5 Å². The Balaban J connectivity index is 0.0000138. The van der Waals surface area contributed by atoms with Crippen LogP contribution >= 0.6 is 0 Å². The van der Waals surface area contributed by atoms with E-state index in [1.54, 1.807) is 27.7 Å². The molecule has 86 heavy (non-hydrogen) atoms. The Morgan fingerprint density at radius 1 is 0.547 bits per heavy atom. The van der Waals surface area contributed by atoms with Crippen LogP contribution in [0.4, 0.5) is 0 Å². The first-order chi connectivity index (χ1) is 40.2. The van der Waals surface area contributed by atoms with E-state index in [9.17, 15) is 63.0 Å². The van der Waals surface area contributed by atoms with Crippen LogP contribution in [0.2, 0.25) is 0 Å². The molecule has 33 nitrogen and oxygen atoms in total. The molecule has 1 fully saturated rings. The molecule has 0 spiro atoms. The van der Waals surface area contributed by atoms with Gasteiger partial charge >= 0.3 is 10.4 Å². The monoisotopic (exact) mass is 1250 g/mol. The van der Waals surface area contributed by atoms with Crippen LogP contribution in [0.1, 0.15) is 132 Å². The Morgan fingerprint density at radius 2 is 0.953 bits per heavy atom.